The van der Waals surface area contributed by atoms with Gasteiger partial charge in [-0.3, -0.25) is 4.90 Å². The van der Waals surface area contributed by atoms with Crippen LogP contribution in [0.25, 0.3) is 0 Å². The monoisotopic (exact) mass is 236 g/mol. The number of nitrogens with zero attached hydrogens (tertiary/aromatic N) is 2. The van der Waals surface area contributed by atoms with Gasteiger partial charge in [-0.05, 0) is 36.6 Å². The largest absolute Gasteiger partial charge is 0.392 e. The number of nitrogens with one attached hydrogen (secondary N) is 1. The zero-order chi connectivity index (χ0) is 12.3. The van der Waals surface area contributed by atoms with Gasteiger partial charge in [-0.15, -0.1) is 0 Å². The Hall–Kier alpha value is -1.17. The highest BCUT2D eigenvalue weighted by Crippen LogP contribution is 2.19. The standard InChI is InChI=1S/C12H20N4O/c1-9-3-5-16(8-11(9)17)7-10-2-4-14-12(6-10)15-13/h2,4,6,9,11,17H,3,5,7-8,13H2,1H3,(H,14,15). The highest BCUT2D eigenvalue weighted by Gasteiger charge is 2.23. The fourth-order valence-corrected chi connectivity index (χ4v) is 2.17. The number of aliphatic hydroxyl groups excluding tert-OH is 1. The van der Waals surface area contributed by atoms with Crippen molar-refractivity contribution in [3.63, 3.8) is 0 Å². The Kier molecular flexibility index (Phi) is 3.93. The number of piperidine rings is 1. The van der Waals surface area contributed by atoms with Gasteiger partial charge in [0.1, 0.15) is 5.82 Å². The van der Waals surface area contributed by atoms with Crippen LogP contribution in [0.1, 0.15) is 18.9 Å². The maximum absolute atomic E-state index is 9.84. The Morgan fingerprint density at radius 3 is 3.18 bits per heavy atom. The van der Waals surface area contributed by atoms with E-state index in [2.05, 4.69) is 22.2 Å². The molecule has 2 rings (SSSR count). The van der Waals surface area contributed by atoms with Gasteiger partial charge >= 0.3 is 0 Å². The van der Waals surface area contributed by atoms with Gasteiger partial charge in [-0.1, -0.05) is 6.92 Å². The number of likely N-dealkylation sites (tertiary alicyclic amines) is 1. The van der Waals surface area contributed by atoms with Crippen LogP contribution in [0.4, 0.5) is 5.82 Å². The fraction of sp³-hybridized carbons (Fsp3) is 0.583. The Bertz CT molecular complexity index is 371. The molecule has 0 radical (unpaired) electrons. The number of rotatable bonds is 3. The van der Waals surface area contributed by atoms with Crippen molar-refractivity contribution in [2.45, 2.75) is 26.0 Å². The van der Waals surface area contributed by atoms with Gasteiger partial charge in [0.2, 0.25) is 0 Å². The lowest BCUT2D eigenvalue weighted by molar-refractivity contribution is 0.0259. The number of hydrogen-bond donors (Lipinski definition) is 3. The molecule has 2 unspecified atom stereocenters. The van der Waals surface area contributed by atoms with Crippen LogP contribution in [0.15, 0.2) is 18.3 Å². The Labute approximate surface area is 102 Å². The van der Waals surface area contributed by atoms with Crippen LogP contribution in [0.3, 0.4) is 0 Å². The number of aliphatic hydroxyl groups is 1. The number of pyridine rings is 1. The smallest absolute Gasteiger partial charge is 0.140 e. The summed E-state index contributed by atoms with van der Waals surface area (Å²) in [5.74, 6) is 6.41. The molecule has 1 aliphatic rings. The molecule has 17 heavy (non-hydrogen) atoms. The SMILES string of the molecule is CC1CCN(Cc2ccnc(NN)c2)CC1O. The van der Waals surface area contributed by atoms with Gasteiger partial charge in [0, 0.05) is 19.3 Å². The second kappa shape index (κ2) is 5.44. The molecule has 5 heteroatoms. The maximum Gasteiger partial charge on any atom is 0.140 e. The minimum atomic E-state index is -0.210. The van der Waals surface area contributed by atoms with Crippen LogP contribution in [-0.2, 0) is 6.54 Å². The van der Waals surface area contributed by atoms with Crippen LogP contribution < -0.4 is 11.3 Å². The Balaban J connectivity index is 1.96. The number of nitrogens with two attached hydrogens (primary N) is 1. The summed E-state index contributed by atoms with van der Waals surface area (Å²) in [6.45, 7) is 4.71. The van der Waals surface area contributed by atoms with E-state index < -0.39 is 0 Å². The van der Waals surface area contributed by atoms with Gasteiger partial charge in [-0.2, -0.15) is 0 Å². The third-order valence-corrected chi connectivity index (χ3v) is 3.38. The molecule has 4 N–H and O–H groups in total. The van der Waals surface area contributed by atoms with Crippen molar-refractivity contribution in [1.29, 1.82) is 0 Å². The molecule has 1 aliphatic heterocycles. The number of nitrogen functional groups attached to an aromatic ring is 1. The second-order valence-corrected chi connectivity index (χ2v) is 4.76. The molecule has 0 amide bonds. The second-order valence-electron chi connectivity index (χ2n) is 4.76. The van der Waals surface area contributed by atoms with Gasteiger partial charge in [-0.25, -0.2) is 10.8 Å². The van der Waals surface area contributed by atoms with Crippen LogP contribution in [0.2, 0.25) is 0 Å². The average Bonchev–Trinajstić information content (AvgIpc) is 2.34. The number of anilines is 1. The van der Waals surface area contributed by atoms with E-state index in [-0.39, 0.29) is 6.10 Å². The molecule has 94 valence electrons. The lowest BCUT2D eigenvalue weighted by Gasteiger charge is -2.34. The lowest BCUT2D eigenvalue weighted by Crippen LogP contribution is -2.42. The van der Waals surface area contributed by atoms with E-state index in [0.29, 0.717) is 11.7 Å². The Morgan fingerprint density at radius 2 is 2.47 bits per heavy atom. The van der Waals surface area contributed by atoms with Crippen LogP contribution in [0, 0.1) is 5.92 Å². The molecule has 1 aromatic heterocycles. The predicted molar refractivity (Wildman–Crippen MR) is 67.1 cm³/mol. The number of hydrazine groups is 1. The number of aromatic nitrogens is 1. The first-order valence-corrected chi connectivity index (χ1v) is 6.01. The molecule has 0 spiro atoms. The van der Waals surface area contributed by atoms with Crippen molar-refractivity contribution in [1.82, 2.24) is 9.88 Å². The Morgan fingerprint density at radius 1 is 1.65 bits per heavy atom. The fourth-order valence-electron chi connectivity index (χ4n) is 2.17. The maximum atomic E-state index is 9.84. The summed E-state index contributed by atoms with van der Waals surface area (Å²) < 4.78 is 0. The highest BCUT2D eigenvalue weighted by atomic mass is 16.3. The topological polar surface area (TPSA) is 74.4 Å². The molecule has 1 saturated heterocycles. The number of β-amino-alcohol motifs (C(OH)–C–C–N with tert-alkyl or cyclic N) is 1. The van der Waals surface area contributed by atoms with Gasteiger partial charge in [0.25, 0.3) is 0 Å². The molecule has 2 heterocycles. The molecule has 1 fully saturated rings. The van der Waals surface area contributed by atoms with Crippen molar-refractivity contribution in [3.8, 4) is 0 Å². The van der Waals surface area contributed by atoms with Crippen molar-refractivity contribution in [2.24, 2.45) is 11.8 Å². The quantitative estimate of drug-likeness (QED) is 0.528. The van der Waals surface area contributed by atoms with Crippen molar-refractivity contribution < 1.29 is 5.11 Å². The molecule has 0 aromatic carbocycles. The van der Waals surface area contributed by atoms with Crippen LogP contribution in [0.5, 0.6) is 0 Å². The van der Waals surface area contributed by atoms with E-state index in [1.807, 2.05) is 12.1 Å². The van der Waals surface area contributed by atoms with E-state index in [1.165, 1.54) is 0 Å². The third-order valence-electron chi connectivity index (χ3n) is 3.38. The summed E-state index contributed by atoms with van der Waals surface area (Å²) in [5.41, 5.74) is 3.70. The van der Waals surface area contributed by atoms with Gasteiger partial charge in [0.05, 0.1) is 6.10 Å². The van der Waals surface area contributed by atoms with Gasteiger partial charge in [0.15, 0.2) is 0 Å². The van der Waals surface area contributed by atoms with Crippen LogP contribution >= 0.6 is 0 Å². The average molecular weight is 236 g/mol. The predicted octanol–water partition coefficient (Wildman–Crippen LogP) is 0.570. The van der Waals surface area contributed by atoms with E-state index >= 15 is 0 Å². The molecular weight excluding hydrogens is 216 g/mol. The minimum Gasteiger partial charge on any atom is -0.392 e. The first kappa shape index (κ1) is 12.3. The van der Waals surface area contributed by atoms with Crippen molar-refractivity contribution >= 4 is 5.82 Å². The van der Waals surface area contributed by atoms with E-state index in [1.54, 1.807) is 6.20 Å². The molecule has 0 saturated carbocycles. The summed E-state index contributed by atoms with van der Waals surface area (Å²) in [4.78, 5) is 6.34. The van der Waals surface area contributed by atoms with E-state index in [4.69, 9.17) is 5.84 Å². The molecule has 2 atom stereocenters. The summed E-state index contributed by atoms with van der Waals surface area (Å²) in [5, 5.41) is 9.84. The van der Waals surface area contributed by atoms with Gasteiger partial charge < -0.3 is 10.5 Å². The number of hydrogen-bond acceptors (Lipinski definition) is 5. The van der Waals surface area contributed by atoms with Crippen molar-refractivity contribution in [3.05, 3.63) is 23.9 Å². The molecule has 5 nitrogen and oxygen atoms in total. The molecular formula is C12H20N4O. The molecule has 0 aliphatic carbocycles. The van der Waals surface area contributed by atoms with Crippen molar-refractivity contribution in [2.75, 3.05) is 18.5 Å². The van der Waals surface area contributed by atoms with Crippen LogP contribution in [-0.4, -0.2) is 34.2 Å². The normalized spacial score (nSPS) is 25.8. The first-order chi connectivity index (χ1) is 8.19. The summed E-state index contributed by atoms with van der Waals surface area (Å²) in [6, 6.07) is 3.91. The first-order valence-electron chi connectivity index (χ1n) is 6.01. The zero-order valence-corrected chi connectivity index (χ0v) is 10.1. The summed E-state index contributed by atoms with van der Waals surface area (Å²) >= 11 is 0. The minimum absolute atomic E-state index is 0.210. The zero-order valence-electron chi connectivity index (χ0n) is 10.1. The summed E-state index contributed by atoms with van der Waals surface area (Å²) in [6.07, 6.45) is 2.58. The lowest BCUT2D eigenvalue weighted by atomic mass is 9.96. The van der Waals surface area contributed by atoms with E-state index in [0.717, 1.165) is 31.6 Å². The third kappa shape index (κ3) is 3.15. The summed E-state index contributed by atoms with van der Waals surface area (Å²) in [7, 11) is 0. The highest BCUT2D eigenvalue weighted by molar-refractivity contribution is 5.35. The molecule has 0 bridgehead atoms. The van der Waals surface area contributed by atoms with E-state index in [9.17, 15) is 5.11 Å². The molecule has 1 aromatic rings.